The van der Waals surface area contributed by atoms with Gasteiger partial charge in [0.15, 0.2) is 11.6 Å². The maximum absolute atomic E-state index is 13.9. The van der Waals surface area contributed by atoms with Gasteiger partial charge >= 0.3 is 0 Å². The van der Waals surface area contributed by atoms with Crippen molar-refractivity contribution in [1.29, 1.82) is 0 Å². The first-order valence-corrected chi connectivity index (χ1v) is 26.5. The zero-order valence-corrected chi connectivity index (χ0v) is 42.4. The SMILES string of the molecule is C.CC[C@@H](C)C(=O)N[C@H](C(=O)N1CCC[C@H]1c1cncc(C(=O)c2ccc(F)cc2)c1)C1CCCCC1.CC[C@@H](C)C(=O)N[C@H](C(=O)N1CCC[C@H]1c1cncc(C(=O)c2ccc(F)cc2)c1)C1CCCCC1. The molecule has 0 bridgehead atoms. The normalized spacial score (nSPS) is 19.8. The number of benzene rings is 2. The molecule has 2 aliphatic carbocycles. The highest BCUT2D eigenvalue weighted by Crippen LogP contribution is 2.37. The van der Waals surface area contributed by atoms with E-state index in [1.54, 1.807) is 24.5 Å². The number of aromatic nitrogens is 2. The van der Waals surface area contributed by atoms with Gasteiger partial charge in [-0.25, -0.2) is 8.78 Å². The lowest BCUT2D eigenvalue weighted by molar-refractivity contribution is -0.140. The van der Waals surface area contributed by atoms with Crippen LogP contribution >= 0.6 is 0 Å². The third-order valence-corrected chi connectivity index (χ3v) is 15.6. The van der Waals surface area contributed by atoms with E-state index in [2.05, 4.69) is 20.6 Å². The molecule has 4 aromatic rings. The summed E-state index contributed by atoms with van der Waals surface area (Å²) in [6, 6.07) is 13.1. The second kappa shape index (κ2) is 26.7. The van der Waals surface area contributed by atoms with Crippen molar-refractivity contribution < 1.29 is 37.5 Å². The van der Waals surface area contributed by atoms with Crippen LogP contribution in [0.15, 0.2) is 85.5 Å². The molecule has 14 heteroatoms. The van der Waals surface area contributed by atoms with Gasteiger partial charge in [-0.15, -0.1) is 0 Å². The van der Waals surface area contributed by atoms with Crippen LogP contribution in [0.1, 0.15) is 193 Å². The Labute approximate surface area is 430 Å². The summed E-state index contributed by atoms with van der Waals surface area (Å²) in [5.41, 5.74) is 3.22. The van der Waals surface area contributed by atoms with Crippen LogP contribution in [0.4, 0.5) is 8.78 Å². The van der Waals surface area contributed by atoms with Gasteiger partial charge in [0.2, 0.25) is 23.6 Å². The number of likely N-dealkylation sites (tertiary alicyclic amines) is 2. The Morgan fingerprint density at radius 3 is 1.22 bits per heavy atom. The number of ketones is 2. The Morgan fingerprint density at radius 1 is 0.521 bits per heavy atom. The van der Waals surface area contributed by atoms with Crippen molar-refractivity contribution in [2.75, 3.05) is 13.1 Å². The fraction of sp³-hybridized carbons (Fsp3) is 0.525. The standard InChI is InChI=1S/2C29H36FN3O3.CH4/c2*1-3-19(2)28(35)32-26(20-8-5-4-6-9-20)29(36)33-15-7-10-25(33)22-16-23(18-31-17-22)27(34)21-11-13-24(30)14-12-21;/h2*11-14,16-20,25-26H,3-10,15H2,1-2H3,(H,32,35);1H4/t2*19-,25+,26+;/m11./s1. The number of hydrogen-bond donors (Lipinski definition) is 2. The van der Waals surface area contributed by atoms with Gasteiger partial charge in [-0.1, -0.05) is 73.6 Å². The number of amides is 4. The Morgan fingerprint density at radius 2 is 0.877 bits per heavy atom. The molecule has 4 amide bonds. The van der Waals surface area contributed by atoms with Crippen LogP contribution in [0.2, 0.25) is 0 Å². The molecule has 2 saturated carbocycles. The smallest absolute Gasteiger partial charge is 0.245 e. The molecule has 73 heavy (non-hydrogen) atoms. The van der Waals surface area contributed by atoms with E-state index in [9.17, 15) is 37.5 Å². The van der Waals surface area contributed by atoms with Crippen LogP contribution in [0.3, 0.4) is 0 Å². The van der Waals surface area contributed by atoms with E-state index >= 15 is 0 Å². The van der Waals surface area contributed by atoms with Crippen LogP contribution in [-0.4, -0.2) is 80.1 Å². The molecule has 4 aliphatic rings. The van der Waals surface area contributed by atoms with Gasteiger partial charge in [0, 0.05) is 72.0 Å². The molecule has 392 valence electrons. The number of nitrogens with zero attached hydrogens (tertiary/aromatic N) is 4. The third-order valence-electron chi connectivity index (χ3n) is 15.6. The van der Waals surface area contributed by atoms with E-state index in [1.165, 1.54) is 73.8 Å². The summed E-state index contributed by atoms with van der Waals surface area (Å²) in [5, 5.41) is 6.22. The highest BCUT2D eigenvalue weighted by molar-refractivity contribution is 6.09. The minimum absolute atomic E-state index is 0. The number of nitrogens with one attached hydrogen (secondary N) is 2. The third kappa shape index (κ3) is 14.1. The predicted octanol–water partition coefficient (Wildman–Crippen LogP) is 11.1. The van der Waals surface area contributed by atoms with E-state index in [0.717, 1.165) is 101 Å². The lowest BCUT2D eigenvalue weighted by Gasteiger charge is -2.35. The van der Waals surface area contributed by atoms with Gasteiger partial charge < -0.3 is 20.4 Å². The highest BCUT2D eigenvalue weighted by Gasteiger charge is 2.41. The molecule has 12 nitrogen and oxygen atoms in total. The van der Waals surface area contributed by atoms with E-state index < -0.39 is 23.7 Å². The zero-order chi connectivity index (χ0) is 51.3. The monoisotopic (exact) mass is 1000 g/mol. The molecule has 4 fully saturated rings. The maximum atomic E-state index is 13.9. The summed E-state index contributed by atoms with van der Waals surface area (Å²) >= 11 is 0. The van der Waals surface area contributed by atoms with Crippen LogP contribution in [0.25, 0.3) is 0 Å². The summed E-state index contributed by atoms with van der Waals surface area (Å²) in [4.78, 5) is 91.8. The summed E-state index contributed by atoms with van der Waals surface area (Å²) < 4.78 is 26.6. The van der Waals surface area contributed by atoms with Crippen molar-refractivity contribution in [3.8, 4) is 0 Å². The quantitative estimate of drug-likeness (QED) is 0.105. The molecule has 0 unspecified atom stereocenters. The lowest BCUT2D eigenvalue weighted by Crippen LogP contribution is -2.53. The Hall–Kier alpha value is -6.18. The molecule has 2 aromatic heterocycles. The Balaban J connectivity index is 0.000000235. The van der Waals surface area contributed by atoms with Crippen LogP contribution < -0.4 is 10.6 Å². The molecule has 2 aromatic carbocycles. The molecule has 8 rings (SSSR count). The van der Waals surface area contributed by atoms with Crippen molar-refractivity contribution in [3.63, 3.8) is 0 Å². The maximum Gasteiger partial charge on any atom is 0.245 e. The molecule has 2 N–H and O–H groups in total. The minimum Gasteiger partial charge on any atom is -0.344 e. The molecule has 2 aliphatic heterocycles. The van der Waals surface area contributed by atoms with Crippen molar-refractivity contribution in [1.82, 2.24) is 30.4 Å². The average molecular weight is 1000 g/mol. The van der Waals surface area contributed by atoms with Crippen LogP contribution in [0.5, 0.6) is 0 Å². The fourth-order valence-electron chi connectivity index (χ4n) is 10.8. The van der Waals surface area contributed by atoms with Crippen molar-refractivity contribution in [2.24, 2.45) is 23.7 Å². The fourth-order valence-corrected chi connectivity index (χ4v) is 10.8. The van der Waals surface area contributed by atoms with Gasteiger partial charge in [0.05, 0.1) is 12.1 Å². The largest absolute Gasteiger partial charge is 0.344 e. The van der Waals surface area contributed by atoms with E-state index in [0.29, 0.717) is 35.3 Å². The van der Waals surface area contributed by atoms with Gasteiger partial charge in [0.1, 0.15) is 23.7 Å². The lowest BCUT2D eigenvalue weighted by atomic mass is 9.83. The van der Waals surface area contributed by atoms with E-state index in [1.807, 2.05) is 37.5 Å². The van der Waals surface area contributed by atoms with Crippen LogP contribution in [-0.2, 0) is 19.2 Å². The summed E-state index contributed by atoms with van der Waals surface area (Å²) in [6.07, 6.45) is 21.6. The Kier molecular flexibility index (Phi) is 20.5. The molecular weight excluding hydrogens is 927 g/mol. The second-order valence-corrected chi connectivity index (χ2v) is 20.5. The number of rotatable bonds is 16. The van der Waals surface area contributed by atoms with Crippen molar-refractivity contribution in [3.05, 3.63) is 130 Å². The second-order valence-electron chi connectivity index (χ2n) is 20.5. The van der Waals surface area contributed by atoms with Crippen molar-refractivity contribution >= 4 is 35.2 Å². The molecule has 6 atom stereocenters. The average Bonchev–Trinajstić information content (AvgIpc) is 4.13. The Bertz CT molecular complexity index is 2340. The highest BCUT2D eigenvalue weighted by atomic mass is 19.1. The van der Waals surface area contributed by atoms with E-state index in [4.69, 9.17) is 0 Å². The number of carbonyl (C=O) groups is 6. The minimum atomic E-state index is -0.524. The van der Waals surface area contributed by atoms with Gasteiger partial charge in [-0.05, 0) is 148 Å². The van der Waals surface area contributed by atoms with Crippen molar-refractivity contribution in [2.45, 2.75) is 162 Å². The van der Waals surface area contributed by atoms with Crippen LogP contribution in [0, 0.1) is 35.3 Å². The summed E-state index contributed by atoms with van der Waals surface area (Å²) in [7, 11) is 0. The summed E-state index contributed by atoms with van der Waals surface area (Å²) in [6.45, 7) is 8.97. The molecule has 2 saturated heterocycles. The first-order chi connectivity index (χ1) is 34.8. The molecule has 0 spiro atoms. The van der Waals surface area contributed by atoms with E-state index in [-0.39, 0.29) is 78.4 Å². The summed E-state index contributed by atoms with van der Waals surface area (Å²) in [5.74, 6) is -1.45. The molecular formula is C59H76F2N6O6. The number of carbonyl (C=O) groups excluding carboxylic acids is 6. The zero-order valence-electron chi connectivity index (χ0n) is 42.4. The van der Waals surface area contributed by atoms with Gasteiger partial charge in [-0.2, -0.15) is 0 Å². The predicted molar refractivity (Wildman–Crippen MR) is 278 cm³/mol. The van der Waals surface area contributed by atoms with Gasteiger partial charge in [-0.3, -0.25) is 38.7 Å². The molecule has 0 radical (unpaired) electrons. The number of halogens is 2. The molecule has 4 heterocycles. The topological polar surface area (TPSA) is 159 Å². The number of pyridine rings is 2. The number of hydrogen-bond acceptors (Lipinski definition) is 8. The first-order valence-electron chi connectivity index (χ1n) is 26.5. The van der Waals surface area contributed by atoms with Gasteiger partial charge in [0.25, 0.3) is 0 Å². The first kappa shape index (κ1) is 56.1.